The maximum Gasteiger partial charge on any atom is 0.0786 e. The summed E-state index contributed by atoms with van der Waals surface area (Å²) in [6.07, 6.45) is -0.326. The third kappa shape index (κ3) is 6.11. The van der Waals surface area contributed by atoms with Gasteiger partial charge < -0.3 is 20.1 Å². The van der Waals surface area contributed by atoms with Gasteiger partial charge in [-0.3, -0.25) is 0 Å². The summed E-state index contributed by atoms with van der Waals surface area (Å²) >= 11 is 0. The molecule has 0 unspecified atom stereocenters. The largest absolute Gasteiger partial charge is 0.811 e. The lowest BCUT2D eigenvalue weighted by Gasteiger charge is -2.27. The quantitative estimate of drug-likeness (QED) is 0.401. The van der Waals surface area contributed by atoms with E-state index in [1.54, 1.807) is 0 Å². The first kappa shape index (κ1) is 7.11. The van der Waals surface area contributed by atoms with E-state index in [0.717, 1.165) is 0 Å². The topological polar surface area (TPSA) is 90.8 Å². The van der Waals surface area contributed by atoms with Gasteiger partial charge in [0, 0.05) is 6.16 Å². The molecule has 0 aliphatic rings. The molecule has 0 radical (unpaired) electrons. The molecule has 0 amide bonds. The summed E-state index contributed by atoms with van der Waals surface area (Å²) in [6, 6.07) is 0. The van der Waals surface area contributed by atoms with Gasteiger partial charge in [0.1, 0.15) is 0 Å². The molecule has 0 aromatic heterocycles. The second kappa shape index (κ2) is 2.43. The molecule has 0 bridgehead atoms. The molecule has 0 saturated carbocycles. The van der Waals surface area contributed by atoms with Crippen molar-refractivity contribution in [3.8, 4) is 0 Å². The molecule has 0 spiro atoms. The highest BCUT2D eigenvalue weighted by Gasteiger charge is 1.85. The van der Waals surface area contributed by atoms with Gasteiger partial charge in [-0.25, -0.2) is 0 Å². The minimum absolute atomic E-state index is 0.171. The highest BCUT2D eigenvalue weighted by Crippen LogP contribution is 2.19. The van der Waals surface area contributed by atoms with E-state index in [9.17, 15) is 14.4 Å². The smallest absolute Gasteiger partial charge is 0.0786 e. The molecule has 0 atom stereocenters. The molecule has 44 valence electrons. The maximum atomic E-state index is 9.66. The summed E-state index contributed by atoms with van der Waals surface area (Å²) < 4.78 is 9.66. The molecule has 0 heterocycles. The molecule has 4 nitrogen and oxygen atoms in total. The van der Waals surface area contributed by atoms with Gasteiger partial charge in [0.25, 0.3) is 0 Å². The highest BCUT2D eigenvalue weighted by atomic mass is 31.2. The zero-order valence-corrected chi connectivity index (χ0v) is 4.69. The lowest BCUT2D eigenvalue weighted by molar-refractivity contribution is -0.368. The van der Waals surface area contributed by atoms with Crippen LogP contribution in [-0.2, 0) is 4.57 Å². The van der Waals surface area contributed by atoms with Crippen LogP contribution in [-0.4, -0.2) is 12.7 Å². The van der Waals surface area contributed by atoms with Crippen LogP contribution < -0.4 is 15.5 Å². The van der Waals surface area contributed by atoms with Crippen molar-refractivity contribution in [2.24, 2.45) is 0 Å². The van der Waals surface area contributed by atoms with Crippen LogP contribution in [0.15, 0.2) is 0 Å². The Balaban J connectivity index is 3.36. The fourth-order valence-corrected chi connectivity index (χ4v) is 0.581. The number of rotatable bonds is 2. The van der Waals surface area contributed by atoms with Crippen molar-refractivity contribution in [1.29, 1.82) is 0 Å². The Kier molecular flexibility index (Phi) is 2.46. The van der Waals surface area contributed by atoms with Crippen LogP contribution in [0.5, 0.6) is 0 Å². The zero-order valence-electron chi connectivity index (χ0n) is 3.79. The number of hydrogen-bond acceptors (Lipinski definition) is 3. The Morgan fingerprint density at radius 3 is 2.00 bits per heavy atom. The standard InChI is InChI=1S/C2H8NO3P/c3-1-2-7(4,5)6/h1-3H2,(H2,4,5,6)/p-1. The molecular weight excluding hydrogens is 117 g/mol. The molecule has 0 saturated heterocycles. The van der Waals surface area contributed by atoms with Gasteiger partial charge in [-0.1, -0.05) is 7.60 Å². The summed E-state index contributed by atoms with van der Waals surface area (Å²) in [7, 11) is -4.23. The molecule has 0 aromatic carbocycles. The maximum absolute atomic E-state index is 9.66. The van der Waals surface area contributed by atoms with Gasteiger partial charge in [0.15, 0.2) is 0 Å². The average Bonchev–Trinajstić information content (AvgIpc) is 1.30. The van der Waals surface area contributed by atoms with Crippen LogP contribution in [0.25, 0.3) is 0 Å². The summed E-state index contributed by atoms with van der Waals surface area (Å²) in [5.74, 6) is 0. The minimum Gasteiger partial charge on any atom is -0.811 e. The van der Waals surface area contributed by atoms with Crippen molar-refractivity contribution < 1.29 is 20.1 Å². The molecule has 0 fully saturated rings. The summed E-state index contributed by atoms with van der Waals surface area (Å²) in [5.41, 5.74) is 3.20. The van der Waals surface area contributed by atoms with Crippen LogP contribution in [0.1, 0.15) is 0 Å². The molecule has 0 aliphatic carbocycles. The molecule has 0 rings (SSSR count). The monoisotopic (exact) mass is 124 g/mol. The van der Waals surface area contributed by atoms with Crippen LogP contribution in [0.4, 0.5) is 0 Å². The van der Waals surface area contributed by atoms with E-state index < -0.39 is 7.60 Å². The van der Waals surface area contributed by atoms with E-state index >= 15 is 0 Å². The second-order valence-electron chi connectivity index (χ2n) is 1.19. The van der Waals surface area contributed by atoms with Crippen molar-refractivity contribution in [3.05, 3.63) is 0 Å². The molecule has 5 heteroatoms. The third-order valence-corrected chi connectivity index (χ3v) is 1.30. The predicted octanol–water partition coefficient (Wildman–Crippen LogP) is -2.86. The normalized spacial score (nSPS) is 11.9. The lowest BCUT2D eigenvalue weighted by Crippen LogP contribution is -2.52. The van der Waals surface area contributed by atoms with E-state index in [4.69, 9.17) is 0 Å². The molecule has 0 aliphatic heterocycles. The SMILES string of the molecule is [NH3+]CCP(=O)([O-])[O-]. The van der Waals surface area contributed by atoms with E-state index in [-0.39, 0.29) is 12.7 Å². The van der Waals surface area contributed by atoms with Crippen molar-refractivity contribution in [2.75, 3.05) is 12.7 Å². The van der Waals surface area contributed by atoms with Gasteiger partial charge >= 0.3 is 0 Å². The Morgan fingerprint density at radius 2 is 2.00 bits per heavy atom. The zero-order chi connectivity index (χ0) is 5.91. The summed E-state index contributed by atoms with van der Waals surface area (Å²) in [4.78, 5) is 19.3. The van der Waals surface area contributed by atoms with Crippen molar-refractivity contribution in [3.63, 3.8) is 0 Å². The van der Waals surface area contributed by atoms with Crippen molar-refractivity contribution in [1.82, 2.24) is 0 Å². The van der Waals surface area contributed by atoms with Crippen molar-refractivity contribution in [2.45, 2.75) is 0 Å². The predicted molar refractivity (Wildman–Crippen MR) is 20.2 cm³/mol. The first-order chi connectivity index (χ1) is 3.06. The fraction of sp³-hybridized carbons (Fsp3) is 1.00. The Labute approximate surface area is 41.5 Å². The first-order valence-corrected chi connectivity index (χ1v) is 3.59. The average molecular weight is 124 g/mol. The Hall–Kier alpha value is 0.110. The Morgan fingerprint density at radius 1 is 1.57 bits per heavy atom. The Bertz CT molecular complexity index is 86.9. The molecule has 0 aromatic rings. The van der Waals surface area contributed by atoms with Gasteiger partial charge in [0.2, 0.25) is 0 Å². The highest BCUT2D eigenvalue weighted by molar-refractivity contribution is 7.48. The molecule has 7 heavy (non-hydrogen) atoms. The second-order valence-corrected chi connectivity index (χ2v) is 2.86. The third-order valence-electron chi connectivity index (χ3n) is 0.432. The van der Waals surface area contributed by atoms with E-state index in [2.05, 4.69) is 5.73 Å². The van der Waals surface area contributed by atoms with Crippen LogP contribution in [0, 0.1) is 0 Å². The van der Waals surface area contributed by atoms with Gasteiger partial charge in [-0.05, 0) is 0 Å². The minimum atomic E-state index is -4.23. The molecule has 3 N–H and O–H groups in total. The lowest BCUT2D eigenvalue weighted by atomic mass is 10.8. The van der Waals surface area contributed by atoms with Crippen molar-refractivity contribution >= 4 is 7.60 Å². The fourth-order valence-electron chi connectivity index (χ4n) is 0.194. The van der Waals surface area contributed by atoms with Gasteiger partial charge in [-0.2, -0.15) is 0 Å². The van der Waals surface area contributed by atoms with Gasteiger partial charge in [0.05, 0.1) is 6.54 Å². The first-order valence-electron chi connectivity index (χ1n) is 1.86. The van der Waals surface area contributed by atoms with E-state index in [1.807, 2.05) is 0 Å². The number of quaternary nitrogens is 1. The van der Waals surface area contributed by atoms with Gasteiger partial charge in [-0.15, -0.1) is 0 Å². The molecular formula is C2H7NO3P-. The van der Waals surface area contributed by atoms with Crippen LogP contribution in [0.2, 0.25) is 0 Å². The summed E-state index contributed by atoms with van der Waals surface area (Å²) in [6.45, 7) is 0.171. The summed E-state index contributed by atoms with van der Waals surface area (Å²) in [5, 5.41) is 0. The number of hydrogen-bond donors (Lipinski definition) is 1. The van der Waals surface area contributed by atoms with Crippen LogP contribution in [0.3, 0.4) is 0 Å². The van der Waals surface area contributed by atoms with E-state index in [0.29, 0.717) is 0 Å². The van der Waals surface area contributed by atoms with E-state index in [1.165, 1.54) is 0 Å². The van der Waals surface area contributed by atoms with Crippen LogP contribution >= 0.6 is 7.60 Å².